The van der Waals surface area contributed by atoms with Crippen molar-refractivity contribution < 1.29 is 9.59 Å². The molecule has 0 radical (unpaired) electrons. The van der Waals surface area contributed by atoms with Gasteiger partial charge in [0, 0.05) is 19.0 Å². The van der Waals surface area contributed by atoms with E-state index in [1.54, 1.807) is 19.2 Å². The molecule has 2 rings (SSSR count). The number of rotatable bonds is 4. The van der Waals surface area contributed by atoms with E-state index in [9.17, 15) is 9.59 Å². The molecule has 0 aliphatic rings. The van der Waals surface area contributed by atoms with Gasteiger partial charge in [-0.05, 0) is 19.1 Å². The number of amides is 2. The minimum Gasteiger partial charge on any atom is -0.358 e. The van der Waals surface area contributed by atoms with Crippen LogP contribution >= 0.6 is 11.6 Å². The quantitative estimate of drug-likeness (QED) is 0.880. The van der Waals surface area contributed by atoms with E-state index in [1.807, 2.05) is 25.1 Å². The molecular formula is C15H16ClN3O2. The van der Waals surface area contributed by atoms with Crippen LogP contribution < -0.4 is 5.32 Å². The maximum Gasteiger partial charge on any atom is 0.255 e. The van der Waals surface area contributed by atoms with Gasteiger partial charge in [-0.3, -0.25) is 9.59 Å². The van der Waals surface area contributed by atoms with Gasteiger partial charge in [-0.15, -0.1) is 0 Å². The van der Waals surface area contributed by atoms with Crippen LogP contribution in [0.1, 0.15) is 17.3 Å². The molecule has 0 unspecified atom stereocenters. The van der Waals surface area contributed by atoms with Gasteiger partial charge in [0.05, 0.1) is 17.6 Å². The van der Waals surface area contributed by atoms with E-state index >= 15 is 0 Å². The number of likely N-dealkylation sites (N-methyl/N-ethyl adjacent to an activating group) is 2. The summed E-state index contributed by atoms with van der Waals surface area (Å²) in [6.45, 7) is 2.27. The lowest BCUT2D eigenvalue weighted by Crippen LogP contribution is -2.39. The highest BCUT2D eigenvalue weighted by Gasteiger charge is 2.19. The topological polar surface area (TPSA) is 62.3 Å². The number of para-hydroxylation sites is 1. The predicted octanol–water partition coefficient (Wildman–Crippen LogP) is 2.10. The molecule has 0 aliphatic carbocycles. The SMILES string of the molecule is CCN(CC(=O)NC)C(=O)c1cc(Cl)nc2ccccc12. The average molecular weight is 306 g/mol. The summed E-state index contributed by atoms with van der Waals surface area (Å²) < 4.78 is 0. The van der Waals surface area contributed by atoms with Gasteiger partial charge in [-0.2, -0.15) is 0 Å². The summed E-state index contributed by atoms with van der Waals surface area (Å²) in [6, 6.07) is 8.83. The predicted molar refractivity (Wildman–Crippen MR) is 82.4 cm³/mol. The van der Waals surface area contributed by atoms with Crippen molar-refractivity contribution in [1.29, 1.82) is 0 Å². The van der Waals surface area contributed by atoms with Crippen molar-refractivity contribution >= 4 is 34.3 Å². The Bertz CT molecular complexity index is 688. The lowest BCUT2D eigenvalue weighted by molar-refractivity contribution is -0.121. The van der Waals surface area contributed by atoms with E-state index in [-0.39, 0.29) is 23.5 Å². The van der Waals surface area contributed by atoms with Crippen LogP contribution in [0.25, 0.3) is 10.9 Å². The minimum absolute atomic E-state index is 0.0140. The Morgan fingerprint density at radius 2 is 2.05 bits per heavy atom. The summed E-state index contributed by atoms with van der Waals surface area (Å²) >= 11 is 5.99. The standard InChI is InChI=1S/C15H16ClN3O2/c1-3-19(9-14(20)17-2)15(21)11-8-13(16)18-12-7-5-4-6-10(11)12/h4-8H,3,9H2,1-2H3,(H,17,20). The van der Waals surface area contributed by atoms with Crippen LogP contribution in [0.4, 0.5) is 0 Å². The monoisotopic (exact) mass is 305 g/mol. The number of carbonyl (C=O) groups excluding carboxylic acids is 2. The molecule has 1 aromatic heterocycles. The van der Waals surface area contributed by atoms with Gasteiger partial charge < -0.3 is 10.2 Å². The number of aromatic nitrogens is 1. The van der Waals surface area contributed by atoms with Crippen molar-refractivity contribution in [1.82, 2.24) is 15.2 Å². The van der Waals surface area contributed by atoms with Gasteiger partial charge in [-0.25, -0.2) is 4.98 Å². The van der Waals surface area contributed by atoms with Gasteiger partial charge in [0.1, 0.15) is 5.15 Å². The Labute approximate surface area is 127 Å². The number of carbonyl (C=O) groups is 2. The summed E-state index contributed by atoms with van der Waals surface area (Å²) in [4.78, 5) is 29.8. The second-order valence-electron chi connectivity index (χ2n) is 4.50. The Morgan fingerprint density at radius 1 is 1.33 bits per heavy atom. The normalized spacial score (nSPS) is 10.4. The molecule has 1 aromatic carbocycles. The smallest absolute Gasteiger partial charge is 0.255 e. The summed E-state index contributed by atoms with van der Waals surface area (Å²) in [7, 11) is 1.54. The first-order chi connectivity index (χ1) is 10.1. The Hall–Kier alpha value is -2.14. The first kappa shape index (κ1) is 15.3. The zero-order valence-electron chi connectivity index (χ0n) is 11.9. The Morgan fingerprint density at radius 3 is 2.71 bits per heavy atom. The molecule has 1 N–H and O–H groups in total. The summed E-state index contributed by atoms with van der Waals surface area (Å²) in [5, 5.41) is 3.50. The van der Waals surface area contributed by atoms with Crippen molar-refractivity contribution in [3.63, 3.8) is 0 Å². The molecule has 110 valence electrons. The van der Waals surface area contributed by atoms with Gasteiger partial charge in [0.2, 0.25) is 5.91 Å². The van der Waals surface area contributed by atoms with Gasteiger partial charge in [0.15, 0.2) is 0 Å². The molecule has 0 fully saturated rings. The number of nitrogens with zero attached hydrogens (tertiary/aromatic N) is 2. The summed E-state index contributed by atoms with van der Waals surface area (Å²) in [6.07, 6.45) is 0. The zero-order valence-corrected chi connectivity index (χ0v) is 12.6. The molecule has 1 heterocycles. The molecule has 21 heavy (non-hydrogen) atoms. The molecule has 2 amide bonds. The van der Waals surface area contributed by atoms with Crippen molar-refractivity contribution in [3.05, 3.63) is 41.0 Å². The number of hydrogen-bond acceptors (Lipinski definition) is 3. The lowest BCUT2D eigenvalue weighted by Gasteiger charge is -2.20. The zero-order chi connectivity index (χ0) is 15.4. The van der Waals surface area contributed by atoms with Crippen LogP contribution in [0.15, 0.2) is 30.3 Å². The molecule has 0 saturated carbocycles. The van der Waals surface area contributed by atoms with Gasteiger partial charge in [0.25, 0.3) is 5.91 Å². The molecule has 0 aliphatic heterocycles. The van der Waals surface area contributed by atoms with Crippen LogP contribution in [0.5, 0.6) is 0 Å². The summed E-state index contributed by atoms with van der Waals surface area (Å²) in [5.74, 6) is -0.448. The Balaban J connectivity index is 2.44. The molecule has 0 atom stereocenters. The maximum absolute atomic E-state index is 12.7. The van der Waals surface area contributed by atoms with Crippen molar-refractivity contribution in [2.45, 2.75) is 6.92 Å². The molecule has 0 bridgehead atoms. The van der Waals surface area contributed by atoms with Crippen LogP contribution in [0.3, 0.4) is 0 Å². The molecular weight excluding hydrogens is 290 g/mol. The molecule has 5 nitrogen and oxygen atoms in total. The average Bonchev–Trinajstić information content (AvgIpc) is 2.50. The number of hydrogen-bond donors (Lipinski definition) is 1. The number of pyridine rings is 1. The molecule has 0 spiro atoms. The molecule has 2 aromatic rings. The first-order valence-electron chi connectivity index (χ1n) is 6.62. The number of fused-ring (bicyclic) bond motifs is 1. The second kappa shape index (κ2) is 6.54. The van der Waals surface area contributed by atoms with Crippen molar-refractivity contribution in [3.8, 4) is 0 Å². The van der Waals surface area contributed by atoms with E-state index in [2.05, 4.69) is 10.3 Å². The fourth-order valence-corrected chi connectivity index (χ4v) is 2.27. The third-order valence-electron chi connectivity index (χ3n) is 3.20. The first-order valence-corrected chi connectivity index (χ1v) is 6.99. The molecule has 0 saturated heterocycles. The van der Waals surface area contributed by atoms with E-state index < -0.39 is 0 Å². The van der Waals surface area contributed by atoms with Crippen LogP contribution in [0, 0.1) is 0 Å². The second-order valence-corrected chi connectivity index (χ2v) is 4.89. The van der Waals surface area contributed by atoms with E-state index in [4.69, 9.17) is 11.6 Å². The van der Waals surface area contributed by atoms with Crippen LogP contribution in [-0.4, -0.2) is 41.8 Å². The number of halogens is 1. The number of nitrogens with one attached hydrogen (secondary N) is 1. The van der Waals surface area contributed by atoms with Crippen LogP contribution in [-0.2, 0) is 4.79 Å². The van der Waals surface area contributed by atoms with E-state index in [0.717, 1.165) is 5.39 Å². The highest BCUT2D eigenvalue weighted by Crippen LogP contribution is 2.22. The largest absolute Gasteiger partial charge is 0.358 e. The molecule has 6 heteroatoms. The van der Waals surface area contributed by atoms with Crippen molar-refractivity contribution in [2.24, 2.45) is 0 Å². The maximum atomic E-state index is 12.7. The Kier molecular flexibility index (Phi) is 4.75. The third kappa shape index (κ3) is 3.31. The minimum atomic E-state index is -0.235. The highest BCUT2D eigenvalue weighted by atomic mass is 35.5. The highest BCUT2D eigenvalue weighted by molar-refractivity contribution is 6.30. The van der Waals surface area contributed by atoms with E-state index in [0.29, 0.717) is 17.6 Å². The third-order valence-corrected chi connectivity index (χ3v) is 3.39. The fraction of sp³-hybridized carbons (Fsp3) is 0.267. The van der Waals surface area contributed by atoms with Gasteiger partial charge in [-0.1, -0.05) is 29.8 Å². The van der Waals surface area contributed by atoms with Crippen LogP contribution in [0.2, 0.25) is 5.15 Å². The number of benzene rings is 1. The van der Waals surface area contributed by atoms with Crippen molar-refractivity contribution in [2.75, 3.05) is 20.1 Å². The van der Waals surface area contributed by atoms with Gasteiger partial charge >= 0.3 is 0 Å². The summed E-state index contributed by atoms with van der Waals surface area (Å²) in [5.41, 5.74) is 1.11. The van der Waals surface area contributed by atoms with E-state index in [1.165, 1.54) is 4.90 Å². The fourth-order valence-electron chi connectivity index (χ4n) is 2.07. The lowest BCUT2D eigenvalue weighted by atomic mass is 10.1.